The van der Waals surface area contributed by atoms with Crippen molar-refractivity contribution in [3.63, 3.8) is 0 Å². The molecule has 19 heavy (non-hydrogen) atoms. The van der Waals surface area contributed by atoms with Gasteiger partial charge in [0, 0.05) is 39.2 Å². The third-order valence-electron chi connectivity index (χ3n) is 2.92. The van der Waals surface area contributed by atoms with Gasteiger partial charge >= 0.3 is 0 Å². The van der Waals surface area contributed by atoms with Crippen LogP contribution in [-0.4, -0.2) is 63.4 Å². The molecule has 0 aromatic rings. The smallest absolute Gasteiger partial charge is 0.224 e. The van der Waals surface area contributed by atoms with Crippen LogP contribution in [0.4, 0.5) is 0 Å². The summed E-state index contributed by atoms with van der Waals surface area (Å²) in [5.41, 5.74) is 0. The Bertz CT molecular complexity index is 246. The van der Waals surface area contributed by atoms with Gasteiger partial charge in [0.2, 0.25) is 5.91 Å². The summed E-state index contributed by atoms with van der Waals surface area (Å²) in [5.74, 6) is 0.658. The van der Waals surface area contributed by atoms with Gasteiger partial charge in [0.25, 0.3) is 0 Å². The maximum atomic E-state index is 12.2. The van der Waals surface area contributed by atoms with E-state index < -0.39 is 0 Å². The molecule has 0 aromatic carbocycles. The fourth-order valence-electron chi connectivity index (χ4n) is 2.05. The van der Waals surface area contributed by atoms with Crippen molar-refractivity contribution >= 4 is 18.3 Å². The average Bonchev–Trinajstić information content (AvgIpc) is 2.35. The van der Waals surface area contributed by atoms with Crippen molar-refractivity contribution in [2.75, 3.05) is 46.6 Å². The summed E-state index contributed by atoms with van der Waals surface area (Å²) < 4.78 is 10.4. The molecule has 0 spiro atoms. The van der Waals surface area contributed by atoms with Gasteiger partial charge in [-0.3, -0.25) is 4.79 Å². The van der Waals surface area contributed by atoms with E-state index in [1.54, 1.807) is 7.11 Å². The van der Waals surface area contributed by atoms with E-state index in [0.29, 0.717) is 32.1 Å². The molecule has 1 amide bonds. The lowest BCUT2D eigenvalue weighted by molar-refractivity contribution is -0.133. The van der Waals surface area contributed by atoms with E-state index >= 15 is 0 Å². The predicted octanol–water partition coefficient (Wildman–Crippen LogP) is 0.918. The van der Waals surface area contributed by atoms with Crippen molar-refractivity contribution in [1.82, 2.24) is 10.2 Å². The first kappa shape index (κ1) is 18.6. The van der Waals surface area contributed by atoms with Gasteiger partial charge in [-0.25, -0.2) is 0 Å². The van der Waals surface area contributed by atoms with Crippen LogP contribution >= 0.6 is 12.4 Å². The molecule has 1 saturated heterocycles. The second-order valence-electron chi connectivity index (χ2n) is 5.16. The van der Waals surface area contributed by atoms with Crippen LogP contribution in [0, 0.1) is 5.92 Å². The van der Waals surface area contributed by atoms with Gasteiger partial charge in [-0.05, 0) is 5.92 Å². The van der Waals surface area contributed by atoms with Crippen LogP contribution in [0.5, 0.6) is 0 Å². The summed E-state index contributed by atoms with van der Waals surface area (Å²) in [5, 5.41) is 3.31. The fourth-order valence-corrected chi connectivity index (χ4v) is 2.05. The maximum Gasteiger partial charge on any atom is 0.224 e. The highest BCUT2D eigenvalue weighted by atomic mass is 35.5. The molecule has 1 atom stereocenters. The van der Waals surface area contributed by atoms with E-state index in [4.69, 9.17) is 9.47 Å². The van der Waals surface area contributed by atoms with Crippen molar-refractivity contribution < 1.29 is 14.3 Å². The first-order valence-corrected chi connectivity index (χ1v) is 6.71. The van der Waals surface area contributed by atoms with Crippen LogP contribution in [0.25, 0.3) is 0 Å². The minimum absolute atomic E-state index is 0. The molecular weight excluding hydrogens is 268 g/mol. The molecule has 1 N–H and O–H groups in total. The number of amides is 1. The minimum Gasteiger partial charge on any atom is -0.383 e. The highest BCUT2D eigenvalue weighted by Gasteiger charge is 2.21. The van der Waals surface area contributed by atoms with Crippen molar-refractivity contribution in [3.8, 4) is 0 Å². The Labute approximate surface area is 122 Å². The molecule has 1 fully saturated rings. The van der Waals surface area contributed by atoms with E-state index in [9.17, 15) is 4.79 Å². The SMILES string of the molecule is COCCN(CC(C)C)C(=O)CC1COCCN1.Cl. The summed E-state index contributed by atoms with van der Waals surface area (Å²) in [4.78, 5) is 14.1. The molecule has 1 heterocycles. The van der Waals surface area contributed by atoms with Gasteiger partial charge in [-0.15, -0.1) is 12.4 Å². The van der Waals surface area contributed by atoms with Crippen molar-refractivity contribution in [2.24, 2.45) is 5.92 Å². The summed E-state index contributed by atoms with van der Waals surface area (Å²) in [6, 6.07) is 0.156. The van der Waals surface area contributed by atoms with Gasteiger partial charge in [-0.2, -0.15) is 0 Å². The minimum atomic E-state index is 0. The van der Waals surface area contributed by atoms with Crippen LogP contribution in [0.15, 0.2) is 0 Å². The highest BCUT2D eigenvalue weighted by Crippen LogP contribution is 2.06. The molecule has 1 rings (SSSR count). The summed E-state index contributed by atoms with van der Waals surface area (Å²) in [7, 11) is 1.66. The number of carbonyl (C=O) groups excluding carboxylic acids is 1. The zero-order chi connectivity index (χ0) is 13.4. The number of hydrogen-bond donors (Lipinski definition) is 1. The number of morpholine rings is 1. The summed E-state index contributed by atoms with van der Waals surface area (Å²) in [6.45, 7) is 8.49. The van der Waals surface area contributed by atoms with Crippen LogP contribution in [0.2, 0.25) is 0 Å². The van der Waals surface area contributed by atoms with Gasteiger partial charge < -0.3 is 19.7 Å². The van der Waals surface area contributed by atoms with Crippen molar-refractivity contribution in [2.45, 2.75) is 26.3 Å². The molecule has 0 saturated carbocycles. The normalized spacial score (nSPS) is 19.1. The second kappa shape index (κ2) is 10.4. The number of carbonyl (C=O) groups is 1. The fraction of sp³-hybridized carbons (Fsp3) is 0.923. The van der Waals surface area contributed by atoms with E-state index in [2.05, 4.69) is 19.2 Å². The molecule has 1 aliphatic rings. The molecule has 0 bridgehead atoms. The number of nitrogens with zero attached hydrogens (tertiary/aromatic N) is 1. The molecule has 5 nitrogen and oxygen atoms in total. The van der Waals surface area contributed by atoms with E-state index in [1.165, 1.54) is 0 Å². The lowest BCUT2D eigenvalue weighted by Gasteiger charge is -2.28. The summed E-state index contributed by atoms with van der Waals surface area (Å²) in [6.07, 6.45) is 0.510. The number of halogens is 1. The number of ether oxygens (including phenoxy) is 2. The Morgan fingerprint density at radius 3 is 2.79 bits per heavy atom. The molecule has 1 unspecified atom stereocenters. The number of hydrogen-bond acceptors (Lipinski definition) is 4. The lowest BCUT2D eigenvalue weighted by atomic mass is 10.1. The van der Waals surface area contributed by atoms with Crippen LogP contribution in [0.3, 0.4) is 0 Å². The highest BCUT2D eigenvalue weighted by molar-refractivity contribution is 5.85. The monoisotopic (exact) mass is 294 g/mol. The van der Waals surface area contributed by atoms with Crippen LogP contribution in [0.1, 0.15) is 20.3 Å². The first-order chi connectivity index (χ1) is 8.63. The molecule has 0 aromatic heterocycles. The van der Waals surface area contributed by atoms with E-state index in [-0.39, 0.29) is 24.4 Å². The Kier molecular flexibility index (Phi) is 10.2. The number of nitrogens with one attached hydrogen (secondary N) is 1. The van der Waals surface area contributed by atoms with E-state index in [0.717, 1.165) is 19.7 Å². The van der Waals surface area contributed by atoms with Crippen LogP contribution in [-0.2, 0) is 14.3 Å². The molecule has 0 radical (unpaired) electrons. The van der Waals surface area contributed by atoms with Crippen molar-refractivity contribution in [1.29, 1.82) is 0 Å². The standard InChI is InChI=1S/C13H26N2O3.ClH/c1-11(2)9-15(5-7-17-3)13(16)8-12-10-18-6-4-14-12;/h11-12,14H,4-10H2,1-3H3;1H. The average molecular weight is 295 g/mol. The Balaban J connectivity index is 0.00000324. The third kappa shape index (κ3) is 7.72. The van der Waals surface area contributed by atoms with Crippen molar-refractivity contribution in [3.05, 3.63) is 0 Å². The lowest BCUT2D eigenvalue weighted by Crippen LogP contribution is -2.46. The molecule has 0 aliphatic carbocycles. The quantitative estimate of drug-likeness (QED) is 0.758. The Hall–Kier alpha value is -0.360. The van der Waals surface area contributed by atoms with Gasteiger partial charge in [-0.1, -0.05) is 13.8 Å². The largest absolute Gasteiger partial charge is 0.383 e. The predicted molar refractivity (Wildman–Crippen MR) is 77.8 cm³/mol. The maximum absolute atomic E-state index is 12.2. The summed E-state index contributed by atoms with van der Waals surface area (Å²) >= 11 is 0. The molecule has 6 heteroatoms. The van der Waals surface area contributed by atoms with Gasteiger partial charge in [0.15, 0.2) is 0 Å². The van der Waals surface area contributed by atoms with Gasteiger partial charge in [0.05, 0.1) is 19.8 Å². The van der Waals surface area contributed by atoms with Crippen LogP contribution < -0.4 is 5.32 Å². The number of methoxy groups -OCH3 is 1. The zero-order valence-corrected chi connectivity index (χ0v) is 13.0. The number of rotatable bonds is 7. The first-order valence-electron chi connectivity index (χ1n) is 6.71. The Morgan fingerprint density at radius 2 is 2.26 bits per heavy atom. The molecular formula is C13H27ClN2O3. The van der Waals surface area contributed by atoms with E-state index in [1.807, 2.05) is 4.90 Å². The third-order valence-corrected chi connectivity index (χ3v) is 2.92. The van der Waals surface area contributed by atoms with Gasteiger partial charge in [0.1, 0.15) is 0 Å². The zero-order valence-electron chi connectivity index (χ0n) is 12.2. The second-order valence-corrected chi connectivity index (χ2v) is 5.16. The molecule has 1 aliphatic heterocycles. The topological polar surface area (TPSA) is 50.8 Å². The Morgan fingerprint density at radius 1 is 1.53 bits per heavy atom. The molecule has 114 valence electrons.